The SMILES string of the molecule is C=C1C(=O)O[C@@H]2C[C@@H](C)C=CC(=O)[C@](C)(O)[C@H](OC(=O)C(C)=CC)[C@@H](OC(C)=O)[C@@H]12. The predicted octanol–water partition coefficient (Wildman–Crippen LogP) is 1.81. The van der Waals surface area contributed by atoms with Gasteiger partial charge in [-0.05, 0) is 39.2 Å². The number of ether oxygens (including phenoxy) is 3. The Morgan fingerprint density at radius 1 is 1.30 bits per heavy atom. The number of ketones is 1. The summed E-state index contributed by atoms with van der Waals surface area (Å²) in [4.78, 5) is 49.5. The normalized spacial score (nSPS) is 34.8. The first kappa shape index (κ1) is 23.5. The maximum absolute atomic E-state index is 12.8. The minimum absolute atomic E-state index is 0.0232. The summed E-state index contributed by atoms with van der Waals surface area (Å²) >= 11 is 0. The predicted molar refractivity (Wildman–Crippen MR) is 106 cm³/mol. The second kappa shape index (κ2) is 8.95. The van der Waals surface area contributed by atoms with Gasteiger partial charge in [-0.15, -0.1) is 0 Å². The summed E-state index contributed by atoms with van der Waals surface area (Å²) in [5.74, 6) is -4.01. The standard InChI is InChI=1S/C22H28O8/c1-7-12(3)20(25)30-19-18(28-14(5)23)17-13(4)21(26)29-15(17)10-11(2)8-9-16(24)22(19,6)27/h7-9,11,15,17-19,27H,4,10H2,1-3,5-6H3/t11-,15+,17-,18-,19+,22-/m0/s1. The van der Waals surface area contributed by atoms with Gasteiger partial charge in [0.05, 0.1) is 5.92 Å². The van der Waals surface area contributed by atoms with Crippen molar-refractivity contribution in [1.29, 1.82) is 0 Å². The number of hydrogen-bond donors (Lipinski definition) is 1. The maximum atomic E-state index is 12.8. The monoisotopic (exact) mass is 420 g/mol. The highest BCUT2D eigenvalue weighted by atomic mass is 16.6. The van der Waals surface area contributed by atoms with Gasteiger partial charge in [-0.1, -0.05) is 25.7 Å². The van der Waals surface area contributed by atoms with Gasteiger partial charge in [0.15, 0.2) is 23.6 Å². The summed E-state index contributed by atoms with van der Waals surface area (Å²) in [5.41, 5.74) is -1.99. The lowest BCUT2D eigenvalue weighted by Gasteiger charge is -2.39. The fourth-order valence-corrected chi connectivity index (χ4v) is 3.60. The first-order chi connectivity index (χ1) is 13.9. The molecule has 8 heteroatoms. The third-order valence-corrected chi connectivity index (χ3v) is 5.50. The van der Waals surface area contributed by atoms with Gasteiger partial charge in [0, 0.05) is 18.1 Å². The van der Waals surface area contributed by atoms with E-state index in [1.54, 1.807) is 13.0 Å². The first-order valence-corrected chi connectivity index (χ1v) is 9.76. The zero-order valence-electron chi connectivity index (χ0n) is 17.8. The Hall–Kier alpha value is -2.74. The zero-order chi connectivity index (χ0) is 22.8. The van der Waals surface area contributed by atoms with Crippen LogP contribution in [0.3, 0.4) is 0 Å². The van der Waals surface area contributed by atoms with E-state index in [0.29, 0.717) is 6.42 Å². The molecule has 1 heterocycles. The van der Waals surface area contributed by atoms with E-state index in [1.807, 2.05) is 6.92 Å². The van der Waals surface area contributed by atoms with Gasteiger partial charge in [0.2, 0.25) is 0 Å². The molecule has 0 aromatic rings. The third-order valence-electron chi connectivity index (χ3n) is 5.50. The molecular formula is C22H28O8. The number of aliphatic hydroxyl groups is 1. The van der Waals surface area contributed by atoms with Crippen molar-refractivity contribution >= 4 is 23.7 Å². The lowest BCUT2D eigenvalue weighted by Crippen LogP contribution is -2.58. The molecule has 164 valence electrons. The summed E-state index contributed by atoms with van der Waals surface area (Å²) in [5, 5.41) is 11.1. The van der Waals surface area contributed by atoms with Crippen LogP contribution in [-0.4, -0.2) is 52.7 Å². The Morgan fingerprint density at radius 3 is 2.50 bits per heavy atom. The molecule has 0 spiro atoms. The summed E-state index contributed by atoms with van der Waals surface area (Å²) < 4.78 is 16.4. The fraction of sp³-hybridized carbons (Fsp3) is 0.545. The molecule has 1 fully saturated rings. The number of esters is 3. The molecule has 2 aliphatic rings. The Balaban J connectivity index is 2.67. The van der Waals surface area contributed by atoms with Crippen molar-refractivity contribution < 1.29 is 38.5 Å². The smallest absolute Gasteiger partial charge is 0.334 e. The van der Waals surface area contributed by atoms with Crippen molar-refractivity contribution in [3.05, 3.63) is 36.0 Å². The Labute approximate surface area is 175 Å². The van der Waals surface area contributed by atoms with Crippen molar-refractivity contribution in [3.63, 3.8) is 0 Å². The van der Waals surface area contributed by atoms with Gasteiger partial charge in [0.25, 0.3) is 0 Å². The number of allylic oxidation sites excluding steroid dienone is 2. The average molecular weight is 420 g/mol. The Bertz CT molecular complexity index is 819. The summed E-state index contributed by atoms with van der Waals surface area (Å²) in [7, 11) is 0. The average Bonchev–Trinajstić information content (AvgIpc) is 2.93. The zero-order valence-corrected chi connectivity index (χ0v) is 17.8. The van der Waals surface area contributed by atoms with Gasteiger partial charge in [-0.3, -0.25) is 9.59 Å². The summed E-state index contributed by atoms with van der Waals surface area (Å²) in [6, 6.07) is 0. The molecule has 0 unspecified atom stereocenters. The lowest BCUT2D eigenvalue weighted by atomic mass is 9.77. The van der Waals surface area contributed by atoms with E-state index in [-0.39, 0.29) is 17.1 Å². The van der Waals surface area contributed by atoms with Gasteiger partial charge < -0.3 is 19.3 Å². The van der Waals surface area contributed by atoms with Gasteiger partial charge in [0.1, 0.15) is 6.10 Å². The van der Waals surface area contributed by atoms with Crippen LogP contribution in [0.1, 0.15) is 41.0 Å². The molecule has 1 N–H and O–H groups in total. The van der Waals surface area contributed by atoms with E-state index in [4.69, 9.17) is 14.2 Å². The largest absolute Gasteiger partial charge is 0.458 e. The van der Waals surface area contributed by atoms with Crippen LogP contribution in [0.2, 0.25) is 0 Å². The van der Waals surface area contributed by atoms with Crippen LogP contribution in [0.4, 0.5) is 0 Å². The van der Waals surface area contributed by atoms with Crippen LogP contribution in [-0.2, 0) is 33.4 Å². The van der Waals surface area contributed by atoms with E-state index in [1.165, 1.54) is 26.0 Å². The third kappa shape index (κ3) is 4.70. The van der Waals surface area contributed by atoms with Gasteiger partial charge in [-0.25, -0.2) is 9.59 Å². The van der Waals surface area contributed by atoms with Crippen LogP contribution in [0.5, 0.6) is 0 Å². The molecule has 1 saturated heterocycles. The van der Waals surface area contributed by atoms with Crippen molar-refractivity contribution in [2.45, 2.75) is 65.0 Å². The van der Waals surface area contributed by atoms with Gasteiger partial charge >= 0.3 is 17.9 Å². The molecule has 0 radical (unpaired) electrons. The topological polar surface area (TPSA) is 116 Å². The highest BCUT2D eigenvalue weighted by molar-refractivity contribution is 5.98. The molecule has 0 bridgehead atoms. The van der Waals surface area contributed by atoms with Crippen LogP contribution < -0.4 is 0 Å². The lowest BCUT2D eigenvalue weighted by molar-refractivity contribution is -0.194. The number of carbonyl (C=O) groups excluding carboxylic acids is 4. The second-order valence-electron chi connectivity index (χ2n) is 7.95. The molecule has 0 aromatic heterocycles. The Kier molecular flexibility index (Phi) is 7.02. The highest BCUT2D eigenvalue weighted by Crippen LogP contribution is 2.40. The second-order valence-corrected chi connectivity index (χ2v) is 7.95. The van der Waals surface area contributed by atoms with Crippen molar-refractivity contribution in [3.8, 4) is 0 Å². The quantitative estimate of drug-likeness (QED) is 0.417. The number of rotatable bonds is 3. The fourth-order valence-electron chi connectivity index (χ4n) is 3.60. The van der Waals surface area contributed by atoms with Crippen LogP contribution in [0.25, 0.3) is 0 Å². The van der Waals surface area contributed by atoms with Crippen molar-refractivity contribution in [2.75, 3.05) is 0 Å². The number of hydrogen-bond acceptors (Lipinski definition) is 8. The van der Waals surface area contributed by atoms with E-state index in [0.717, 1.165) is 6.92 Å². The van der Waals surface area contributed by atoms with E-state index < -0.39 is 53.5 Å². The number of fused-ring (bicyclic) bond motifs is 1. The first-order valence-electron chi connectivity index (χ1n) is 9.76. The van der Waals surface area contributed by atoms with Crippen LogP contribution in [0.15, 0.2) is 36.0 Å². The molecule has 8 nitrogen and oxygen atoms in total. The minimum atomic E-state index is -2.24. The van der Waals surface area contributed by atoms with Crippen LogP contribution in [0, 0.1) is 11.8 Å². The van der Waals surface area contributed by atoms with Crippen molar-refractivity contribution in [2.24, 2.45) is 11.8 Å². The molecule has 0 saturated carbocycles. The molecule has 1 aliphatic heterocycles. The summed E-state index contributed by atoms with van der Waals surface area (Å²) in [6.07, 6.45) is 0.919. The molecule has 6 atom stereocenters. The van der Waals surface area contributed by atoms with E-state index in [9.17, 15) is 24.3 Å². The van der Waals surface area contributed by atoms with Gasteiger partial charge in [-0.2, -0.15) is 0 Å². The van der Waals surface area contributed by atoms with Crippen LogP contribution >= 0.6 is 0 Å². The Morgan fingerprint density at radius 2 is 1.93 bits per heavy atom. The van der Waals surface area contributed by atoms with E-state index in [2.05, 4.69) is 6.58 Å². The molecule has 2 rings (SSSR count). The van der Waals surface area contributed by atoms with E-state index >= 15 is 0 Å². The molecule has 0 amide bonds. The minimum Gasteiger partial charge on any atom is -0.458 e. The molecule has 30 heavy (non-hydrogen) atoms. The molecular weight excluding hydrogens is 392 g/mol. The highest BCUT2D eigenvalue weighted by Gasteiger charge is 2.55. The molecule has 1 aliphatic carbocycles. The maximum Gasteiger partial charge on any atom is 0.334 e. The van der Waals surface area contributed by atoms with Crippen molar-refractivity contribution in [1.82, 2.24) is 0 Å². The number of carbonyl (C=O) groups is 4. The molecule has 0 aromatic carbocycles. The summed E-state index contributed by atoms with van der Waals surface area (Å²) in [6.45, 7) is 11.0.